The van der Waals surface area contributed by atoms with E-state index in [1.54, 1.807) is 46.6 Å². The number of carbonyl (C=O) groups is 4. The summed E-state index contributed by atoms with van der Waals surface area (Å²) in [5.74, 6) is -0.989. The number of amides is 4. The molecule has 7 N–H and O–H groups in total. The Hall–Kier alpha value is -6.76. The number of hydrogen-bond acceptors (Lipinski definition) is 11. The molecule has 19 nitrogen and oxygen atoms in total. The van der Waals surface area contributed by atoms with Gasteiger partial charge in [0.25, 0.3) is 11.8 Å². The molecule has 0 fully saturated rings. The predicted octanol–water partition coefficient (Wildman–Crippen LogP) is 3.31. The first-order chi connectivity index (χ1) is 27.4. The topological polar surface area (TPSA) is 254 Å². The van der Waals surface area contributed by atoms with Crippen LogP contribution in [-0.2, 0) is 19.6 Å². The smallest absolute Gasteiger partial charge is 0.276 e. The van der Waals surface area contributed by atoms with E-state index in [9.17, 15) is 24.3 Å². The summed E-state index contributed by atoms with van der Waals surface area (Å²) in [4.78, 5) is 61.4. The Bertz CT molecular complexity index is 2550. The van der Waals surface area contributed by atoms with E-state index in [0.717, 1.165) is 0 Å². The number of aromatic nitrogens is 8. The number of anilines is 2. The molecule has 0 bridgehead atoms. The molecule has 1 atom stereocenters. The summed E-state index contributed by atoms with van der Waals surface area (Å²) in [5.41, 5.74) is 15.7. The van der Waals surface area contributed by atoms with Gasteiger partial charge in [0.1, 0.15) is 40.5 Å². The zero-order valence-corrected chi connectivity index (χ0v) is 32.0. The summed E-state index contributed by atoms with van der Waals surface area (Å²) in [6, 6.07) is 9.24. The van der Waals surface area contributed by atoms with Crippen molar-refractivity contribution in [3.05, 3.63) is 70.3 Å². The van der Waals surface area contributed by atoms with Gasteiger partial charge in [-0.15, -0.1) is 0 Å². The van der Waals surface area contributed by atoms with E-state index >= 15 is 0 Å². The van der Waals surface area contributed by atoms with Crippen molar-refractivity contribution >= 4 is 57.6 Å². The maximum atomic E-state index is 13.7. The second-order valence-electron chi connectivity index (χ2n) is 13.7. The van der Waals surface area contributed by atoms with Crippen LogP contribution in [0.15, 0.2) is 36.4 Å². The predicted molar refractivity (Wildman–Crippen MR) is 209 cm³/mol. The Morgan fingerprint density at radius 1 is 0.825 bits per heavy atom. The molecule has 6 aromatic rings. The quantitative estimate of drug-likeness (QED) is 0.0891. The first-order valence-corrected chi connectivity index (χ1v) is 18.7. The summed E-state index contributed by atoms with van der Waals surface area (Å²) < 4.78 is 19.2. The van der Waals surface area contributed by atoms with Crippen molar-refractivity contribution in [3.8, 4) is 11.5 Å². The Morgan fingerprint density at radius 2 is 1.40 bits per heavy atom. The van der Waals surface area contributed by atoms with Crippen molar-refractivity contribution in [2.45, 2.75) is 72.6 Å². The number of nitrogens with two attached hydrogens (primary N) is 2. The summed E-state index contributed by atoms with van der Waals surface area (Å²) in [7, 11) is 0. The van der Waals surface area contributed by atoms with Gasteiger partial charge < -0.3 is 35.2 Å². The number of fused-ring (bicyclic) bond motifs is 1. The lowest BCUT2D eigenvalue weighted by molar-refractivity contribution is 0.0991. The van der Waals surface area contributed by atoms with Crippen molar-refractivity contribution in [2.75, 3.05) is 30.5 Å². The molecule has 7 rings (SSSR count). The van der Waals surface area contributed by atoms with E-state index < -0.39 is 23.6 Å². The molecule has 0 radical (unpaired) electrons. The molecule has 57 heavy (non-hydrogen) atoms. The third kappa shape index (κ3) is 7.48. The number of hydrogen-bond donors (Lipinski definition) is 5. The van der Waals surface area contributed by atoms with E-state index in [1.165, 1.54) is 6.07 Å². The molecule has 2 aromatic carbocycles. The highest BCUT2D eigenvalue weighted by molar-refractivity contribution is 6.05. The number of nitrogens with one attached hydrogen (secondary N) is 2. The average molecular weight is 781 g/mol. The molecule has 19 heteroatoms. The number of primary amides is 2. The Kier molecular flexibility index (Phi) is 10.7. The van der Waals surface area contributed by atoms with Crippen LogP contribution in [0, 0.1) is 13.8 Å². The van der Waals surface area contributed by atoms with Gasteiger partial charge in [-0.2, -0.15) is 10.2 Å². The molecule has 298 valence electrons. The van der Waals surface area contributed by atoms with Crippen molar-refractivity contribution in [3.63, 3.8) is 0 Å². The van der Waals surface area contributed by atoms with Gasteiger partial charge in [0.2, 0.25) is 23.7 Å². The average Bonchev–Trinajstić information content (AvgIpc) is 3.95. The Morgan fingerprint density at radius 3 is 2.00 bits per heavy atom. The number of rotatable bonds is 16. The van der Waals surface area contributed by atoms with Gasteiger partial charge in [-0.25, -0.2) is 9.97 Å². The summed E-state index contributed by atoms with van der Waals surface area (Å²) in [5, 5.41) is 24.2. The van der Waals surface area contributed by atoms with Gasteiger partial charge >= 0.3 is 0 Å². The van der Waals surface area contributed by atoms with Crippen molar-refractivity contribution in [2.24, 2.45) is 11.5 Å². The molecule has 1 aliphatic heterocycles. The summed E-state index contributed by atoms with van der Waals surface area (Å²) in [6.07, 6.45) is 1.32. The van der Waals surface area contributed by atoms with Gasteiger partial charge in [-0.05, 0) is 76.9 Å². The van der Waals surface area contributed by atoms with Gasteiger partial charge in [0.05, 0.1) is 35.1 Å². The Balaban J connectivity index is 1.25. The maximum absolute atomic E-state index is 13.7. The highest BCUT2D eigenvalue weighted by Gasteiger charge is 2.30. The first-order valence-electron chi connectivity index (χ1n) is 18.7. The van der Waals surface area contributed by atoms with E-state index in [2.05, 4.69) is 20.8 Å². The van der Waals surface area contributed by atoms with Gasteiger partial charge in [0.15, 0.2) is 0 Å². The van der Waals surface area contributed by atoms with Gasteiger partial charge in [-0.1, -0.05) is 0 Å². The normalized spacial score (nSPS) is 13.5. The van der Waals surface area contributed by atoms with E-state index in [0.29, 0.717) is 95.2 Å². The van der Waals surface area contributed by atoms with Crippen molar-refractivity contribution < 1.29 is 33.8 Å². The van der Waals surface area contributed by atoms with Crippen LogP contribution >= 0.6 is 0 Å². The number of imidazole rings is 2. The molecule has 0 spiro atoms. The number of ether oxygens (including phenoxy) is 2. The standard InChI is InChI=1S/C38H44N12O7/c1-5-48-27(13-20(3)45-48)35(54)43-37-41-25-15-22(33(39)52)17-29(56-12-8-11-51)31(25)47(37)10-7-9-24-19-57-30-18-23(34(40)53)16-26-32(30)50(24)38(42-26)44-36(55)28-14-21(4)46-49(28)6-2/h13-18,24,51H,5-12,19H2,1-4H3,(H2,39,52)(H2,40,53)(H,41,43,54)(H,42,44,55)/t24-/m0/s1. The number of carbonyl (C=O) groups excluding carboxylic acids is 4. The molecule has 0 saturated heterocycles. The van der Waals surface area contributed by atoms with Crippen LogP contribution in [0.2, 0.25) is 0 Å². The summed E-state index contributed by atoms with van der Waals surface area (Å²) in [6.45, 7) is 8.88. The number of aliphatic hydroxyl groups is 1. The number of nitrogens with zero attached hydrogens (tertiary/aromatic N) is 8. The number of aliphatic hydroxyl groups excluding tert-OH is 1. The molecular formula is C38H44N12O7. The minimum Gasteiger partial charge on any atom is -0.491 e. The molecule has 0 aliphatic carbocycles. The zero-order chi connectivity index (χ0) is 40.5. The van der Waals surface area contributed by atoms with Crippen LogP contribution in [-0.4, -0.2) is 87.2 Å². The fraction of sp³-hybridized carbons (Fsp3) is 0.368. The fourth-order valence-electron chi connectivity index (χ4n) is 7.16. The lowest BCUT2D eigenvalue weighted by Gasteiger charge is -2.27. The molecule has 1 aliphatic rings. The SMILES string of the molecule is CCn1nc(C)cc1C(=O)Nc1nc2cc(C(N)=O)cc(OCCCO)c2n1CCC[C@H]1COc2cc(C(N)=O)cc3nc(NC(=O)c4cc(C)nn4CC)n1c23. The minimum absolute atomic E-state index is 0.105. The molecule has 5 heterocycles. The van der Waals surface area contributed by atoms with Crippen LogP contribution in [0.25, 0.3) is 22.1 Å². The first kappa shape index (κ1) is 38.5. The van der Waals surface area contributed by atoms with Gasteiger partial charge in [0, 0.05) is 43.8 Å². The number of aryl methyl sites for hydroxylation is 5. The maximum Gasteiger partial charge on any atom is 0.276 e. The fourth-order valence-corrected chi connectivity index (χ4v) is 7.16. The van der Waals surface area contributed by atoms with Crippen LogP contribution in [0.3, 0.4) is 0 Å². The molecule has 0 unspecified atom stereocenters. The summed E-state index contributed by atoms with van der Waals surface area (Å²) >= 11 is 0. The van der Waals surface area contributed by atoms with E-state index in [4.69, 9.17) is 30.9 Å². The monoisotopic (exact) mass is 780 g/mol. The highest BCUT2D eigenvalue weighted by atomic mass is 16.5. The minimum atomic E-state index is -0.685. The van der Waals surface area contributed by atoms with Crippen LogP contribution < -0.4 is 31.6 Å². The highest BCUT2D eigenvalue weighted by Crippen LogP contribution is 2.39. The molecule has 4 aromatic heterocycles. The van der Waals surface area contributed by atoms with Crippen LogP contribution in [0.4, 0.5) is 11.9 Å². The van der Waals surface area contributed by atoms with E-state index in [-0.39, 0.29) is 48.9 Å². The second kappa shape index (κ2) is 15.8. The third-order valence-corrected chi connectivity index (χ3v) is 9.72. The third-order valence-electron chi connectivity index (χ3n) is 9.72. The lowest BCUT2D eigenvalue weighted by atomic mass is 10.1. The number of benzene rings is 2. The largest absolute Gasteiger partial charge is 0.491 e. The molecule has 0 saturated carbocycles. The zero-order valence-electron chi connectivity index (χ0n) is 32.0. The Labute approximate surface area is 325 Å². The van der Waals surface area contributed by atoms with Crippen molar-refractivity contribution in [1.29, 1.82) is 0 Å². The lowest BCUT2D eigenvalue weighted by Crippen LogP contribution is -2.26. The molecular weight excluding hydrogens is 736 g/mol. The van der Waals surface area contributed by atoms with E-state index in [1.807, 2.05) is 29.9 Å². The van der Waals surface area contributed by atoms with Crippen LogP contribution in [0.5, 0.6) is 11.5 Å². The van der Waals surface area contributed by atoms with Crippen molar-refractivity contribution in [1.82, 2.24) is 38.7 Å². The van der Waals surface area contributed by atoms with Gasteiger partial charge in [-0.3, -0.25) is 39.2 Å². The van der Waals surface area contributed by atoms with Crippen LogP contribution in [0.1, 0.15) is 92.2 Å². The molecule has 4 amide bonds. The second-order valence-corrected chi connectivity index (χ2v) is 13.7.